The fourth-order valence-electron chi connectivity index (χ4n) is 1.65. The van der Waals surface area contributed by atoms with Crippen molar-refractivity contribution in [3.63, 3.8) is 0 Å². The minimum absolute atomic E-state index is 0.139. The Balaban J connectivity index is 2.71. The van der Waals surface area contributed by atoms with Crippen LogP contribution in [0.4, 0.5) is 0 Å². The van der Waals surface area contributed by atoms with Crippen LogP contribution in [-0.2, 0) is 20.7 Å². The zero-order chi connectivity index (χ0) is 14.3. The van der Waals surface area contributed by atoms with E-state index in [-0.39, 0.29) is 18.0 Å². The van der Waals surface area contributed by atoms with Crippen molar-refractivity contribution in [3.05, 3.63) is 35.9 Å². The van der Waals surface area contributed by atoms with Crippen molar-refractivity contribution in [2.75, 3.05) is 0 Å². The third kappa shape index (κ3) is 5.55. The summed E-state index contributed by atoms with van der Waals surface area (Å²) in [4.78, 5) is 23.2. The highest BCUT2D eigenvalue weighted by Crippen LogP contribution is 2.07. The third-order valence-electron chi connectivity index (χ3n) is 2.84. The molecule has 0 spiro atoms. The van der Waals surface area contributed by atoms with Gasteiger partial charge in [0.05, 0.1) is 6.10 Å². The summed E-state index contributed by atoms with van der Waals surface area (Å²) in [5, 5.41) is 2.64. The number of amides is 1. The Morgan fingerprint density at radius 3 is 2.42 bits per heavy atom. The van der Waals surface area contributed by atoms with Crippen LogP contribution in [0.5, 0.6) is 0 Å². The summed E-state index contributed by atoms with van der Waals surface area (Å²) in [7, 11) is 0. The maximum atomic E-state index is 12.0. The zero-order valence-electron chi connectivity index (χ0n) is 11.7. The minimum atomic E-state index is -0.631. The van der Waals surface area contributed by atoms with Gasteiger partial charge in [0.2, 0.25) is 5.91 Å². The molecular weight excluding hydrogens is 242 g/mol. The summed E-state index contributed by atoms with van der Waals surface area (Å²) in [5.41, 5.74) is 0.988. The molecule has 0 heterocycles. The van der Waals surface area contributed by atoms with Crippen LogP contribution in [0.15, 0.2) is 30.3 Å². The molecule has 19 heavy (non-hydrogen) atoms. The Hall–Kier alpha value is -1.84. The monoisotopic (exact) mass is 263 g/mol. The largest absolute Gasteiger partial charge is 0.461 e. The first-order valence-corrected chi connectivity index (χ1v) is 6.54. The van der Waals surface area contributed by atoms with Crippen LogP contribution in [0.25, 0.3) is 0 Å². The number of esters is 1. The molecule has 0 saturated carbocycles. The molecule has 1 aromatic rings. The Labute approximate surface area is 114 Å². The fraction of sp³-hybridized carbons (Fsp3) is 0.467. The maximum absolute atomic E-state index is 12.0. The highest BCUT2D eigenvalue weighted by Gasteiger charge is 2.22. The highest BCUT2D eigenvalue weighted by molar-refractivity contribution is 5.83. The van der Waals surface area contributed by atoms with Crippen molar-refractivity contribution in [1.29, 1.82) is 0 Å². The first-order chi connectivity index (χ1) is 9.02. The summed E-state index contributed by atoms with van der Waals surface area (Å²) in [6.07, 6.45) is 1.05. The maximum Gasteiger partial charge on any atom is 0.329 e. The predicted molar refractivity (Wildman–Crippen MR) is 73.6 cm³/mol. The lowest BCUT2D eigenvalue weighted by atomic mass is 10.1. The Kier molecular flexibility index (Phi) is 6.06. The molecule has 4 heteroatoms. The van der Waals surface area contributed by atoms with E-state index in [1.165, 1.54) is 6.92 Å². The molecule has 0 aromatic heterocycles. The third-order valence-corrected chi connectivity index (χ3v) is 2.84. The van der Waals surface area contributed by atoms with E-state index in [1.807, 2.05) is 44.2 Å². The molecule has 1 rings (SSSR count). The molecule has 1 N–H and O–H groups in total. The molecule has 0 fully saturated rings. The van der Waals surface area contributed by atoms with E-state index < -0.39 is 6.04 Å². The van der Waals surface area contributed by atoms with E-state index >= 15 is 0 Å². The molecule has 104 valence electrons. The van der Waals surface area contributed by atoms with E-state index in [9.17, 15) is 9.59 Å². The second kappa shape index (κ2) is 7.56. The second-order valence-electron chi connectivity index (χ2n) is 4.60. The SMILES string of the molecule is CC[C@H](C)OC(=O)[C@H](Cc1ccccc1)NC(C)=O. The zero-order valence-corrected chi connectivity index (χ0v) is 11.7. The lowest BCUT2D eigenvalue weighted by molar-refractivity contribution is -0.152. The van der Waals surface area contributed by atoms with E-state index in [2.05, 4.69) is 5.32 Å². The number of carbonyl (C=O) groups excluding carboxylic acids is 2. The molecule has 0 bridgehead atoms. The smallest absolute Gasteiger partial charge is 0.329 e. The van der Waals surface area contributed by atoms with Gasteiger partial charge in [-0.1, -0.05) is 37.3 Å². The Morgan fingerprint density at radius 2 is 1.89 bits per heavy atom. The molecule has 0 radical (unpaired) electrons. The van der Waals surface area contributed by atoms with Crippen molar-refractivity contribution in [2.45, 2.75) is 45.8 Å². The number of carbonyl (C=O) groups is 2. The summed E-state index contributed by atoms with van der Waals surface area (Å²) in [6, 6.07) is 8.93. The standard InChI is InChI=1S/C15H21NO3/c1-4-11(2)19-15(18)14(16-12(3)17)10-13-8-6-5-7-9-13/h5-9,11,14H,4,10H2,1-3H3,(H,16,17)/t11-,14-/m0/s1. The van der Waals surface area contributed by atoms with E-state index in [4.69, 9.17) is 4.74 Å². The van der Waals surface area contributed by atoms with Crippen molar-refractivity contribution >= 4 is 11.9 Å². The normalized spacial score (nSPS) is 13.4. The summed E-state index contributed by atoms with van der Waals surface area (Å²) in [5.74, 6) is -0.615. The molecule has 4 nitrogen and oxygen atoms in total. The minimum Gasteiger partial charge on any atom is -0.461 e. The average Bonchev–Trinajstić information content (AvgIpc) is 2.38. The molecule has 2 atom stereocenters. The van der Waals surface area contributed by atoms with Gasteiger partial charge < -0.3 is 10.1 Å². The topological polar surface area (TPSA) is 55.4 Å². The molecular formula is C15H21NO3. The molecule has 0 unspecified atom stereocenters. The molecule has 1 aromatic carbocycles. The summed E-state index contributed by atoms with van der Waals surface area (Å²) in [6.45, 7) is 5.18. The van der Waals surface area contributed by atoms with E-state index in [0.29, 0.717) is 6.42 Å². The van der Waals surface area contributed by atoms with Gasteiger partial charge in [0.15, 0.2) is 0 Å². The fourth-order valence-corrected chi connectivity index (χ4v) is 1.65. The van der Waals surface area contributed by atoms with Gasteiger partial charge in [-0.2, -0.15) is 0 Å². The Morgan fingerprint density at radius 1 is 1.26 bits per heavy atom. The highest BCUT2D eigenvalue weighted by atomic mass is 16.5. The first kappa shape index (κ1) is 15.2. The number of ether oxygens (including phenoxy) is 1. The van der Waals surface area contributed by atoms with Crippen LogP contribution < -0.4 is 5.32 Å². The number of rotatable bonds is 6. The van der Waals surface area contributed by atoms with E-state index in [1.54, 1.807) is 0 Å². The van der Waals surface area contributed by atoms with Gasteiger partial charge in [-0.15, -0.1) is 0 Å². The quantitative estimate of drug-likeness (QED) is 0.799. The summed E-state index contributed by atoms with van der Waals surface area (Å²) >= 11 is 0. The van der Waals surface area contributed by atoms with Crippen molar-refractivity contribution in [2.24, 2.45) is 0 Å². The number of hydrogen-bond acceptors (Lipinski definition) is 3. The Bertz CT molecular complexity index is 417. The number of hydrogen-bond donors (Lipinski definition) is 1. The lowest BCUT2D eigenvalue weighted by Crippen LogP contribution is -2.43. The van der Waals surface area contributed by atoms with Crippen molar-refractivity contribution in [3.8, 4) is 0 Å². The van der Waals surface area contributed by atoms with E-state index in [0.717, 1.165) is 12.0 Å². The predicted octanol–water partition coefficient (Wildman–Crippen LogP) is 2.08. The first-order valence-electron chi connectivity index (χ1n) is 6.54. The van der Waals surface area contributed by atoms with Gasteiger partial charge in [-0.3, -0.25) is 4.79 Å². The van der Waals surface area contributed by atoms with Gasteiger partial charge in [0.25, 0.3) is 0 Å². The second-order valence-corrected chi connectivity index (χ2v) is 4.60. The lowest BCUT2D eigenvalue weighted by Gasteiger charge is -2.19. The van der Waals surface area contributed by atoms with Crippen LogP contribution >= 0.6 is 0 Å². The number of nitrogens with one attached hydrogen (secondary N) is 1. The van der Waals surface area contributed by atoms with Gasteiger partial charge in [0, 0.05) is 13.3 Å². The van der Waals surface area contributed by atoms with Crippen molar-refractivity contribution < 1.29 is 14.3 Å². The average molecular weight is 263 g/mol. The van der Waals surface area contributed by atoms with Crippen molar-refractivity contribution in [1.82, 2.24) is 5.32 Å². The molecule has 0 aliphatic heterocycles. The van der Waals surface area contributed by atoms with Gasteiger partial charge >= 0.3 is 5.97 Å². The van der Waals surface area contributed by atoms with Gasteiger partial charge in [0.1, 0.15) is 6.04 Å². The molecule has 0 aliphatic carbocycles. The van der Waals surface area contributed by atoms with Crippen LogP contribution in [-0.4, -0.2) is 24.0 Å². The molecule has 0 aliphatic rings. The molecule has 0 saturated heterocycles. The van der Waals surface area contributed by atoms with Crippen LogP contribution in [0.2, 0.25) is 0 Å². The van der Waals surface area contributed by atoms with Crippen LogP contribution in [0, 0.1) is 0 Å². The van der Waals surface area contributed by atoms with Crippen LogP contribution in [0.1, 0.15) is 32.8 Å². The van der Waals surface area contributed by atoms with Gasteiger partial charge in [-0.05, 0) is 18.9 Å². The van der Waals surface area contributed by atoms with Crippen LogP contribution in [0.3, 0.4) is 0 Å². The van der Waals surface area contributed by atoms with Gasteiger partial charge in [-0.25, -0.2) is 4.79 Å². The molecule has 1 amide bonds. The number of benzene rings is 1. The summed E-state index contributed by atoms with van der Waals surface area (Å²) < 4.78 is 5.28.